The van der Waals surface area contributed by atoms with Crippen LogP contribution in [0.25, 0.3) is 0 Å². The quantitative estimate of drug-likeness (QED) is 0.595. The van der Waals surface area contributed by atoms with Crippen molar-refractivity contribution in [3.05, 3.63) is 39.9 Å². The number of nitrogens with zero attached hydrogens (tertiary/aromatic N) is 3. The van der Waals surface area contributed by atoms with Crippen LogP contribution in [0.4, 0.5) is 0 Å². The molecule has 0 unspecified atom stereocenters. The molecule has 1 aromatic heterocycles. The summed E-state index contributed by atoms with van der Waals surface area (Å²) in [7, 11) is 0. The molecule has 0 saturated carbocycles. The fourth-order valence-corrected chi connectivity index (χ4v) is 2.98. The van der Waals surface area contributed by atoms with Gasteiger partial charge in [-0.05, 0) is 18.2 Å². The molecule has 2 rings (SSSR count). The summed E-state index contributed by atoms with van der Waals surface area (Å²) in [6.45, 7) is 9.40. The number of carbonyl (C=O) groups excluding carboxylic acids is 1. The number of nitrogens with two attached hydrogens (primary N) is 1. The second kappa shape index (κ2) is 7.84. The normalized spacial score (nSPS) is 12.9. The fourth-order valence-electron chi connectivity index (χ4n) is 2.53. The van der Waals surface area contributed by atoms with Crippen LogP contribution in [0.1, 0.15) is 52.5 Å². The highest BCUT2D eigenvalue weighted by Gasteiger charge is 2.40. The second-order valence-electron chi connectivity index (χ2n) is 7.01. The molecule has 0 amide bonds. The maximum absolute atomic E-state index is 13.1. The van der Waals surface area contributed by atoms with E-state index in [4.69, 9.17) is 33.8 Å². The lowest BCUT2D eigenvalue weighted by atomic mass is 9.89. The molecular weight excluding hydrogens is 375 g/mol. The molecule has 0 bridgehead atoms. The number of rotatable bonds is 6. The Balaban J connectivity index is 2.57. The monoisotopic (exact) mass is 399 g/mol. The van der Waals surface area contributed by atoms with Gasteiger partial charge in [0.15, 0.2) is 0 Å². The Morgan fingerprint density at radius 3 is 2.46 bits per heavy atom. The first-order valence-corrected chi connectivity index (χ1v) is 9.29. The van der Waals surface area contributed by atoms with Crippen LogP contribution in [0.2, 0.25) is 10.0 Å². The molecule has 2 N–H and O–H groups in total. The first-order chi connectivity index (χ1) is 12.1. The highest BCUT2D eigenvalue weighted by atomic mass is 35.5. The molecule has 2 aromatic rings. The summed E-state index contributed by atoms with van der Waals surface area (Å²) < 4.78 is 9.08. The van der Waals surface area contributed by atoms with Gasteiger partial charge >= 0.3 is 6.23 Å². The number of benzene rings is 1. The third kappa shape index (κ3) is 4.13. The van der Waals surface area contributed by atoms with Crippen LogP contribution in [0, 0.1) is 5.41 Å². The van der Waals surface area contributed by atoms with E-state index in [2.05, 4.69) is 5.10 Å². The minimum Gasteiger partial charge on any atom is -0.447 e. The molecule has 1 atom stereocenters. The van der Waals surface area contributed by atoms with Crippen LogP contribution in [-0.2, 0) is 17.6 Å². The van der Waals surface area contributed by atoms with Crippen molar-refractivity contribution in [1.29, 1.82) is 0 Å². The number of hydrogen-bond donors (Lipinski definition) is 1. The summed E-state index contributed by atoms with van der Waals surface area (Å²) in [5.74, 6) is 7.72. The summed E-state index contributed by atoms with van der Waals surface area (Å²) >= 11 is 12.2. The van der Waals surface area contributed by atoms with Crippen molar-refractivity contribution in [1.82, 2.24) is 9.78 Å². The second-order valence-corrected chi connectivity index (χ2v) is 7.86. The van der Waals surface area contributed by atoms with Crippen molar-refractivity contribution in [3.8, 4) is 5.75 Å². The van der Waals surface area contributed by atoms with Gasteiger partial charge in [0.05, 0.1) is 5.02 Å². The predicted molar refractivity (Wildman–Crippen MR) is 102 cm³/mol. The minimum absolute atomic E-state index is 0.135. The average Bonchev–Trinajstić information content (AvgIpc) is 2.88. The van der Waals surface area contributed by atoms with Crippen molar-refractivity contribution in [3.63, 3.8) is 0 Å². The average molecular weight is 400 g/mol. The SMILES string of the molecule is CCc1nn([C@H](Oc2ccc(Cl)cc2Cl)C(=O)C(C)(C)C)c(CC)[n+]1N. The smallest absolute Gasteiger partial charge is 0.312 e. The van der Waals surface area contributed by atoms with Gasteiger partial charge in [0, 0.05) is 28.4 Å². The van der Waals surface area contributed by atoms with Crippen molar-refractivity contribution in [2.45, 2.75) is 53.7 Å². The van der Waals surface area contributed by atoms with Crippen molar-refractivity contribution >= 4 is 29.0 Å². The van der Waals surface area contributed by atoms with E-state index in [1.54, 1.807) is 22.9 Å². The molecule has 0 aliphatic rings. The Bertz CT molecular complexity index is 812. The number of hydrogen-bond acceptors (Lipinski definition) is 4. The van der Waals surface area contributed by atoms with E-state index >= 15 is 0 Å². The van der Waals surface area contributed by atoms with Gasteiger partial charge in [0.1, 0.15) is 5.75 Å². The van der Waals surface area contributed by atoms with Crippen molar-refractivity contribution < 1.29 is 14.2 Å². The fraction of sp³-hybridized carbons (Fsp3) is 0.500. The van der Waals surface area contributed by atoms with Gasteiger partial charge in [-0.1, -0.05) is 62.5 Å². The lowest BCUT2D eigenvalue weighted by Crippen LogP contribution is -2.50. The molecule has 0 spiro atoms. The van der Waals surface area contributed by atoms with Gasteiger partial charge in [-0.2, -0.15) is 0 Å². The molecule has 1 heterocycles. The number of aromatic nitrogens is 3. The van der Waals surface area contributed by atoms with Crippen molar-refractivity contribution in [2.75, 3.05) is 5.84 Å². The Kier molecular flexibility index (Phi) is 6.19. The number of aryl methyl sites for hydroxylation is 1. The molecule has 6 nitrogen and oxygen atoms in total. The Morgan fingerprint density at radius 1 is 1.31 bits per heavy atom. The van der Waals surface area contributed by atoms with E-state index in [1.165, 1.54) is 4.68 Å². The third-order valence-corrected chi connectivity index (χ3v) is 4.52. The molecule has 0 radical (unpaired) electrons. The minimum atomic E-state index is -0.987. The van der Waals surface area contributed by atoms with Crippen LogP contribution in [-0.4, -0.2) is 15.6 Å². The maximum atomic E-state index is 13.1. The molecular formula is C18H25Cl2N4O2+. The van der Waals surface area contributed by atoms with Crippen molar-refractivity contribution in [2.24, 2.45) is 5.41 Å². The molecule has 8 heteroatoms. The van der Waals surface area contributed by atoms with Crippen LogP contribution in [0.3, 0.4) is 0 Å². The summed E-state index contributed by atoms with van der Waals surface area (Å²) in [5, 5.41) is 5.33. The van der Waals surface area contributed by atoms with Gasteiger partial charge in [-0.3, -0.25) is 10.6 Å². The van der Waals surface area contributed by atoms with E-state index in [1.807, 2.05) is 34.6 Å². The standard InChI is InChI=1S/C18H25Cl2N4O2/c1-6-14-22-24(15(7-2)23(14)21)17(16(25)18(3,4)5)26-13-9-8-11(19)10-12(13)20/h8-10,17H,6-7,21H2,1-5H3/q+1/t17-/m1/s1. The van der Waals surface area contributed by atoms with Crippen LogP contribution in [0.5, 0.6) is 5.75 Å². The van der Waals surface area contributed by atoms with E-state index in [-0.39, 0.29) is 5.78 Å². The molecule has 0 fully saturated rings. The number of halogens is 2. The Hall–Kier alpha value is -1.79. The summed E-state index contributed by atoms with van der Waals surface area (Å²) in [6.07, 6.45) is 0.239. The topological polar surface area (TPSA) is 74.0 Å². The molecule has 0 saturated heterocycles. The summed E-state index contributed by atoms with van der Waals surface area (Å²) in [5.41, 5.74) is -0.646. The third-order valence-electron chi connectivity index (χ3n) is 3.99. The lowest BCUT2D eigenvalue weighted by molar-refractivity contribution is -0.655. The zero-order valence-electron chi connectivity index (χ0n) is 15.7. The lowest BCUT2D eigenvalue weighted by Gasteiger charge is -2.23. The largest absolute Gasteiger partial charge is 0.447 e. The van der Waals surface area contributed by atoms with Crippen LogP contribution >= 0.6 is 23.2 Å². The van der Waals surface area contributed by atoms with Gasteiger partial charge < -0.3 is 4.74 Å². The molecule has 0 aliphatic carbocycles. The van der Waals surface area contributed by atoms with E-state index < -0.39 is 11.6 Å². The zero-order valence-corrected chi connectivity index (χ0v) is 17.2. The Morgan fingerprint density at radius 2 is 1.96 bits per heavy atom. The number of Topliss-reactive ketones (excluding diaryl/α,β-unsaturated/α-hetero) is 1. The number of ether oxygens (including phenoxy) is 1. The van der Waals surface area contributed by atoms with Gasteiger partial charge in [0.2, 0.25) is 5.78 Å². The first kappa shape index (κ1) is 20.5. The molecule has 1 aromatic carbocycles. The Labute approximate surface area is 163 Å². The van der Waals surface area contributed by atoms with Crippen LogP contribution < -0.4 is 15.3 Å². The number of nitrogen functional groups attached to an aromatic ring is 1. The van der Waals surface area contributed by atoms with Gasteiger partial charge in [-0.15, -0.1) is 4.68 Å². The van der Waals surface area contributed by atoms with Gasteiger partial charge in [-0.25, -0.2) is 0 Å². The van der Waals surface area contributed by atoms with Gasteiger partial charge in [0.25, 0.3) is 11.6 Å². The molecule has 0 aliphatic heterocycles. The maximum Gasteiger partial charge on any atom is 0.312 e. The summed E-state index contributed by atoms with van der Waals surface area (Å²) in [6, 6.07) is 4.87. The van der Waals surface area contributed by atoms with E-state index in [9.17, 15) is 4.79 Å². The first-order valence-electron chi connectivity index (χ1n) is 8.53. The molecule has 26 heavy (non-hydrogen) atoms. The predicted octanol–water partition coefficient (Wildman–Crippen LogP) is 3.51. The highest BCUT2D eigenvalue weighted by Crippen LogP contribution is 2.32. The molecule has 142 valence electrons. The van der Waals surface area contributed by atoms with E-state index in [0.717, 1.165) is 0 Å². The van der Waals surface area contributed by atoms with E-state index in [0.29, 0.717) is 40.3 Å². The van der Waals surface area contributed by atoms with Crippen LogP contribution in [0.15, 0.2) is 18.2 Å². The highest BCUT2D eigenvalue weighted by molar-refractivity contribution is 6.35. The number of carbonyl (C=O) groups is 1. The zero-order chi connectivity index (χ0) is 19.6. The number of ketones is 1. The summed E-state index contributed by atoms with van der Waals surface area (Å²) in [4.78, 5) is 13.1.